The highest BCUT2D eigenvalue weighted by Crippen LogP contribution is 2.28. The molecule has 1 aliphatic rings. The molecule has 0 bridgehead atoms. The molecule has 0 radical (unpaired) electrons. The zero-order valence-corrected chi connectivity index (χ0v) is 11.6. The predicted molar refractivity (Wildman–Crippen MR) is 72.2 cm³/mol. The fraction of sp³-hybridized carbons (Fsp3) is 0.571. The molecule has 104 valence electrons. The molecule has 5 nitrogen and oxygen atoms in total. The van der Waals surface area contributed by atoms with Crippen LogP contribution in [0.1, 0.15) is 42.7 Å². The summed E-state index contributed by atoms with van der Waals surface area (Å²) in [5, 5.41) is 10.1. The third-order valence-electron chi connectivity index (χ3n) is 3.68. The number of aromatic nitrogens is 1. The summed E-state index contributed by atoms with van der Waals surface area (Å²) < 4.78 is 0. The van der Waals surface area contributed by atoms with Gasteiger partial charge in [0.1, 0.15) is 0 Å². The van der Waals surface area contributed by atoms with Crippen molar-refractivity contribution >= 4 is 5.91 Å². The molecule has 0 aliphatic carbocycles. The van der Waals surface area contributed by atoms with Crippen LogP contribution in [0.2, 0.25) is 0 Å². The second-order valence-electron chi connectivity index (χ2n) is 5.67. The Balaban J connectivity index is 2.31. The number of aryl methyl sites for hydroxylation is 1. The van der Waals surface area contributed by atoms with Gasteiger partial charge in [0.25, 0.3) is 5.91 Å². The number of hydrogen-bond acceptors (Lipinski definition) is 3. The van der Waals surface area contributed by atoms with Crippen molar-refractivity contribution in [2.75, 3.05) is 6.54 Å². The molecular weight excluding hydrogens is 244 g/mol. The summed E-state index contributed by atoms with van der Waals surface area (Å²) >= 11 is 0. The van der Waals surface area contributed by atoms with Gasteiger partial charge in [0.15, 0.2) is 0 Å². The van der Waals surface area contributed by atoms with Gasteiger partial charge in [-0.05, 0) is 39.7 Å². The number of hydrogen-bond donors (Lipinski definition) is 2. The van der Waals surface area contributed by atoms with Crippen molar-refractivity contribution in [3.05, 3.63) is 33.7 Å². The van der Waals surface area contributed by atoms with E-state index in [-0.39, 0.29) is 17.5 Å². The first-order valence-electron chi connectivity index (χ1n) is 6.54. The number of aliphatic hydroxyl groups is 1. The van der Waals surface area contributed by atoms with Crippen molar-refractivity contribution in [2.45, 2.75) is 45.3 Å². The van der Waals surface area contributed by atoms with Gasteiger partial charge in [-0.2, -0.15) is 0 Å². The minimum Gasteiger partial charge on any atom is -0.388 e. The van der Waals surface area contributed by atoms with E-state index in [0.29, 0.717) is 17.8 Å². The summed E-state index contributed by atoms with van der Waals surface area (Å²) in [6.45, 7) is 5.81. The van der Waals surface area contributed by atoms with E-state index < -0.39 is 5.60 Å². The number of carbonyl (C=O) groups excluding carboxylic acids is 1. The number of aromatic amines is 1. The van der Waals surface area contributed by atoms with Gasteiger partial charge >= 0.3 is 0 Å². The van der Waals surface area contributed by atoms with Gasteiger partial charge in [0.2, 0.25) is 5.56 Å². The number of carbonyl (C=O) groups is 1. The number of rotatable bonds is 2. The monoisotopic (exact) mass is 264 g/mol. The Hall–Kier alpha value is -1.62. The standard InChI is InChI=1S/C14H20N2O3/c1-9-10(6-7-12(17)15-9)13(18)16-8-4-5-11(16)14(2,3)19/h6-7,11,19H,4-5,8H2,1-3H3,(H,15,17). The van der Waals surface area contributed by atoms with Crippen LogP contribution >= 0.6 is 0 Å². The van der Waals surface area contributed by atoms with Gasteiger partial charge in [-0.1, -0.05) is 0 Å². The average molecular weight is 264 g/mol. The zero-order chi connectivity index (χ0) is 14.2. The molecule has 2 heterocycles. The highest BCUT2D eigenvalue weighted by molar-refractivity contribution is 5.95. The van der Waals surface area contributed by atoms with E-state index in [0.717, 1.165) is 12.8 Å². The lowest BCUT2D eigenvalue weighted by Crippen LogP contribution is -2.48. The van der Waals surface area contributed by atoms with E-state index in [1.54, 1.807) is 31.7 Å². The molecule has 1 unspecified atom stereocenters. The van der Waals surface area contributed by atoms with Crippen LogP contribution in [0.25, 0.3) is 0 Å². The number of amides is 1. The van der Waals surface area contributed by atoms with Crippen LogP contribution in [0.3, 0.4) is 0 Å². The average Bonchev–Trinajstić information content (AvgIpc) is 2.76. The molecule has 2 rings (SSSR count). The van der Waals surface area contributed by atoms with Crippen LogP contribution in [0.5, 0.6) is 0 Å². The Morgan fingerprint density at radius 3 is 2.74 bits per heavy atom. The van der Waals surface area contributed by atoms with Gasteiger partial charge in [0, 0.05) is 18.3 Å². The number of nitrogens with zero attached hydrogens (tertiary/aromatic N) is 1. The molecular formula is C14H20N2O3. The quantitative estimate of drug-likeness (QED) is 0.838. The maximum atomic E-state index is 12.5. The SMILES string of the molecule is Cc1[nH]c(=O)ccc1C(=O)N1CCCC1C(C)(C)O. The topological polar surface area (TPSA) is 73.4 Å². The molecule has 5 heteroatoms. The largest absolute Gasteiger partial charge is 0.388 e. The third-order valence-corrected chi connectivity index (χ3v) is 3.68. The second kappa shape index (κ2) is 4.81. The van der Waals surface area contributed by atoms with E-state index >= 15 is 0 Å². The summed E-state index contributed by atoms with van der Waals surface area (Å²) in [4.78, 5) is 28.1. The molecule has 1 atom stereocenters. The lowest BCUT2D eigenvalue weighted by molar-refractivity contribution is 0.000282. The number of H-pyrrole nitrogens is 1. The molecule has 0 aromatic carbocycles. The molecule has 1 amide bonds. The van der Waals surface area contributed by atoms with Crippen molar-refractivity contribution in [3.63, 3.8) is 0 Å². The van der Waals surface area contributed by atoms with Crippen LogP contribution in [0, 0.1) is 6.92 Å². The highest BCUT2D eigenvalue weighted by Gasteiger charge is 2.39. The van der Waals surface area contributed by atoms with Gasteiger partial charge in [-0.15, -0.1) is 0 Å². The van der Waals surface area contributed by atoms with Crippen molar-refractivity contribution in [3.8, 4) is 0 Å². The summed E-state index contributed by atoms with van der Waals surface area (Å²) in [6, 6.07) is 2.73. The van der Waals surface area contributed by atoms with Crippen molar-refractivity contribution in [2.24, 2.45) is 0 Å². The molecule has 1 aromatic heterocycles. The normalized spacial score (nSPS) is 19.8. The molecule has 1 aliphatic heterocycles. The molecule has 0 saturated carbocycles. The zero-order valence-electron chi connectivity index (χ0n) is 11.6. The Labute approximate surface area is 112 Å². The minimum atomic E-state index is -0.914. The lowest BCUT2D eigenvalue weighted by Gasteiger charge is -2.34. The molecule has 1 aromatic rings. The van der Waals surface area contributed by atoms with E-state index in [9.17, 15) is 14.7 Å². The van der Waals surface area contributed by atoms with Gasteiger partial charge < -0.3 is 15.0 Å². The first-order valence-corrected chi connectivity index (χ1v) is 6.54. The fourth-order valence-corrected chi connectivity index (χ4v) is 2.71. The van der Waals surface area contributed by atoms with Crippen LogP contribution in [0.15, 0.2) is 16.9 Å². The first-order chi connectivity index (χ1) is 8.80. The molecule has 0 spiro atoms. The van der Waals surface area contributed by atoms with Crippen molar-refractivity contribution in [1.29, 1.82) is 0 Å². The Bertz CT molecular complexity index is 542. The Morgan fingerprint density at radius 1 is 1.47 bits per heavy atom. The van der Waals surface area contributed by atoms with Crippen LogP contribution in [-0.2, 0) is 0 Å². The molecule has 2 N–H and O–H groups in total. The summed E-state index contributed by atoms with van der Waals surface area (Å²) in [5.74, 6) is -0.127. The van der Waals surface area contributed by atoms with Gasteiger partial charge in [0.05, 0.1) is 17.2 Å². The van der Waals surface area contributed by atoms with Crippen LogP contribution in [0.4, 0.5) is 0 Å². The number of pyridine rings is 1. The van der Waals surface area contributed by atoms with E-state index in [1.807, 2.05) is 0 Å². The van der Waals surface area contributed by atoms with Crippen molar-refractivity contribution < 1.29 is 9.90 Å². The van der Waals surface area contributed by atoms with Crippen LogP contribution in [-0.4, -0.2) is 39.1 Å². The Morgan fingerprint density at radius 2 is 2.16 bits per heavy atom. The maximum absolute atomic E-state index is 12.5. The van der Waals surface area contributed by atoms with Crippen LogP contribution < -0.4 is 5.56 Å². The minimum absolute atomic E-state index is 0.127. The second-order valence-corrected chi connectivity index (χ2v) is 5.67. The molecule has 1 fully saturated rings. The maximum Gasteiger partial charge on any atom is 0.255 e. The predicted octanol–water partition coefficient (Wildman–Crippen LogP) is 1.06. The summed E-state index contributed by atoms with van der Waals surface area (Å²) in [5.41, 5.74) is -0.0634. The molecule has 19 heavy (non-hydrogen) atoms. The van der Waals surface area contributed by atoms with E-state index in [4.69, 9.17) is 0 Å². The number of nitrogens with one attached hydrogen (secondary N) is 1. The van der Waals surface area contributed by atoms with E-state index in [1.165, 1.54) is 6.07 Å². The van der Waals surface area contributed by atoms with Gasteiger partial charge in [-0.3, -0.25) is 9.59 Å². The smallest absolute Gasteiger partial charge is 0.255 e. The van der Waals surface area contributed by atoms with Gasteiger partial charge in [-0.25, -0.2) is 0 Å². The van der Waals surface area contributed by atoms with Crippen molar-refractivity contribution in [1.82, 2.24) is 9.88 Å². The number of likely N-dealkylation sites (tertiary alicyclic amines) is 1. The summed E-state index contributed by atoms with van der Waals surface area (Å²) in [7, 11) is 0. The Kier molecular flexibility index (Phi) is 3.49. The third kappa shape index (κ3) is 2.71. The summed E-state index contributed by atoms with van der Waals surface area (Å²) in [6.07, 6.45) is 1.69. The molecule has 1 saturated heterocycles. The van der Waals surface area contributed by atoms with E-state index in [2.05, 4.69) is 4.98 Å². The highest BCUT2D eigenvalue weighted by atomic mass is 16.3. The lowest BCUT2D eigenvalue weighted by atomic mass is 9.96. The first kappa shape index (κ1) is 13.8. The fourth-order valence-electron chi connectivity index (χ4n) is 2.71.